The molecule has 1 saturated carbocycles. The molecule has 1 heterocycles. The van der Waals surface area contributed by atoms with Crippen LogP contribution in [0.2, 0.25) is 10.0 Å². The Morgan fingerprint density at radius 1 is 1.00 bits per heavy atom. The van der Waals surface area contributed by atoms with Gasteiger partial charge in [0.15, 0.2) is 0 Å². The van der Waals surface area contributed by atoms with Gasteiger partial charge in [0.1, 0.15) is 5.69 Å². The van der Waals surface area contributed by atoms with Crippen molar-refractivity contribution in [3.05, 3.63) is 68.6 Å². The van der Waals surface area contributed by atoms with Crippen LogP contribution in [0.4, 0.5) is 0 Å². The molecule has 0 spiro atoms. The van der Waals surface area contributed by atoms with Crippen LogP contribution in [0.1, 0.15) is 42.2 Å². The molecule has 6 heteroatoms. The van der Waals surface area contributed by atoms with Gasteiger partial charge in [-0.2, -0.15) is 0 Å². The molecule has 0 amide bonds. The molecule has 0 bridgehead atoms. The molecule has 4 rings (SSSR count). The van der Waals surface area contributed by atoms with Crippen LogP contribution in [0, 0.1) is 0 Å². The van der Waals surface area contributed by atoms with Crippen molar-refractivity contribution in [2.24, 2.45) is 0 Å². The van der Waals surface area contributed by atoms with Crippen molar-refractivity contribution in [3.63, 3.8) is 0 Å². The lowest BCUT2D eigenvalue weighted by molar-refractivity contribution is 0.0682. The number of pyridine rings is 1. The van der Waals surface area contributed by atoms with E-state index in [9.17, 15) is 14.7 Å². The fourth-order valence-corrected chi connectivity index (χ4v) is 4.36. The SMILES string of the molecule is O=C(O)c1c(-c2ccccc2)c2cc(Cl)c(Cl)cc2c(=O)n1C1CCCC1. The van der Waals surface area contributed by atoms with Gasteiger partial charge in [-0.25, -0.2) is 4.79 Å². The van der Waals surface area contributed by atoms with Crippen LogP contribution in [-0.4, -0.2) is 15.6 Å². The summed E-state index contributed by atoms with van der Waals surface area (Å²) in [6.45, 7) is 0. The summed E-state index contributed by atoms with van der Waals surface area (Å²) in [5.74, 6) is -1.12. The smallest absolute Gasteiger partial charge is 0.353 e. The van der Waals surface area contributed by atoms with Crippen LogP contribution in [0.25, 0.3) is 21.9 Å². The first-order valence-corrected chi connectivity index (χ1v) is 9.60. The monoisotopic (exact) mass is 401 g/mol. The van der Waals surface area contributed by atoms with E-state index in [0.717, 1.165) is 31.2 Å². The number of halogens is 2. The summed E-state index contributed by atoms with van der Waals surface area (Å²) >= 11 is 12.4. The molecule has 0 atom stereocenters. The third-order valence-electron chi connectivity index (χ3n) is 5.21. The second-order valence-corrected chi connectivity index (χ2v) is 7.63. The van der Waals surface area contributed by atoms with Crippen LogP contribution in [0.3, 0.4) is 0 Å². The quantitative estimate of drug-likeness (QED) is 0.603. The maximum atomic E-state index is 13.3. The van der Waals surface area contributed by atoms with E-state index in [0.29, 0.717) is 16.3 Å². The van der Waals surface area contributed by atoms with Gasteiger partial charge >= 0.3 is 5.97 Å². The predicted molar refractivity (Wildman–Crippen MR) is 108 cm³/mol. The van der Waals surface area contributed by atoms with Crippen molar-refractivity contribution < 1.29 is 9.90 Å². The summed E-state index contributed by atoms with van der Waals surface area (Å²) in [5, 5.41) is 11.5. The number of carboxylic acids is 1. The molecule has 0 saturated heterocycles. The first-order valence-electron chi connectivity index (χ1n) is 8.85. The van der Waals surface area contributed by atoms with Gasteiger partial charge in [0.2, 0.25) is 0 Å². The van der Waals surface area contributed by atoms with E-state index in [-0.39, 0.29) is 27.3 Å². The normalized spacial score (nSPS) is 14.7. The Morgan fingerprint density at radius 3 is 2.19 bits per heavy atom. The number of carbonyl (C=O) groups is 1. The molecule has 0 unspecified atom stereocenters. The molecule has 1 N–H and O–H groups in total. The number of nitrogens with zero attached hydrogens (tertiary/aromatic N) is 1. The fraction of sp³-hybridized carbons (Fsp3) is 0.238. The van der Waals surface area contributed by atoms with Crippen molar-refractivity contribution in [1.29, 1.82) is 0 Å². The van der Waals surface area contributed by atoms with Gasteiger partial charge in [-0.3, -0.25) is 9.36 Å². The Hall–Kier alpha value is -2.30. The second-order valence-electron chi connectivity index (χ2n) is 6.82. The summed E-state index contributed by atoms with van der Waals surface area (Å²) in [6, 6.07) is 12.2. The van der Waals surface area contributed by atoms with Gasteiger partial charge < -0.3 is 5.11 Å². The minimum absolute atomic E-state index is 0.0176. The average Bonchev–Trinajstić information content (AvgIpc) is 3.18. The van der Waals surface area contributed by atoms with Crippen LogP contribution in [-0.2, 0) is 0 Å². The molecule has 1 aliphatic carbocycles. The average molecular weight is 402 g/mol. The highest BCUT2D eigenvalue weighted by Gasteiger charge is 2.29. The minimum atomic E-state index is -1.12. The molecule has 4 nitrogen and oxygen atoms in total. The number of rotatable bonds is 3. The third-order valence-corrected chi connectivity index (χ3v) is 5.93. The van der Waals surface area contributed by atoms with E-state index in [1.54, 1.807) is 12.1 Å². The maximum absolute atomic E-state index is 13.3. The predicted octanol–water partition coefficient (Wildman–Crippen LogP) is 5.79. The van der Waals surface area contributed by atoms with Gasteiger partial charge in [0.05, 0.1) is 10.0 Å². The van der Waals surface area contributed by atoms with E-state index in [2.05, 4.69) is 0 Å². The molecule has 27 heavy (non-hydrogen) atoms. The first-order chi connectivity index (χ1) is 13.0. The number of carboxylic acid groups (broad SMARTS) is 1. The van der Waals surface area contributed by atoms with Gasteiger partial charge in [-0.1, -0.05) is 66.4 Å². The van der Waals surface area contributed by atoms with Gasteiger partial charge in [-0.15, -0.1) is 0 Å². The molecule has 1 fully saturated rings. The Bertz CT molecular complexity index is 1100. The Kier molecular flexibility index (Phi) is 4.70. The largest absolute Gasteiger partial charge is 0.477 e. The van der Waals surface area contributed by atoms with Gasteiger partial charge in [0.25, 0.3) is 5.56 Å². The van der Waals surface area contributed by atoms with Crippen molar-refractivity contribution >= 4 is 39.9 Å². The lowest BCUT2D eigenvalue weighted by Crippen LogP contribution is -2.30. The van der Waals surface area contributed by atoms with Crippen molar-refractivity contribution in [2.45, 2.75) is 31.7 Å². The summed E-state index contributed by atoms with van der Waals surface area (Å²) in [5.41, 5.74) is 0.921. The fourth-order valence-electron chi connectivity index (χ4n) is 4.03. The Labute approximate surface area is 166 Å². The highest BCUT2D eigenvalue weighted by atomic mass is 35.5. The highest BCUT2D eigenvalue weighted by molar-refractivity contribution is 6.43. The zero-order valence-corrected chi connectivity index (χ0v) is 15.9. The van der Waals surface area contributed by atoms with E-state index in [1.165, 1.54) is 4.57 Å². The topological polar surface area (TPSA) is 59.3 Å². The van der Waals surface area contributed by atoms with Crippen LogP contribution in [0.15, 0.2) is 47.3 Å². The zero-order valence-electron chi connectivity index (χ0n) is 14.4. The summed E-state index contributed by atoms with van der Waals surface area (Å²) in [7, 11) is 0. The summed E-state index contributed by atoms with van der Waals surface area (Å²) in [4.78, 5) is 25.6. The van der Waals surface area contributed by atoms with E-state index in [1.807, 2.05) is 30.3 Å². The molecule has 0 aliphatic heterocycles. The molecule has 1 aliphatic rings. The Balaban J connectivity index is 2.22. The molecule has 2 aromatic carbocycles. The Morgan fingerprint density at radius 2 is 1.59 bits per heavy atom. The molecule has 3 aromatic rings. The molecule has 138 valence electrons. The number of benzene rings is 2. The van der Waals surface area contributed by atoms with Gasteiger partial charge in [-0.05, 0) is 35.9 Å². The number of fused-ring (bicyclic) bond motifs is 1. The zero-order chi connectivity index (χ0) is 19.1. The standard InChI is InChI=1S/C21H17Cl2NO3/c22-16-10-14-15(11-17(16)23)20(25)24(13-8-4-5-9-13)19(21(26)27)18(14)12-6-2-1-3-7-12/h1-3,6-7,10-11,13H,4-5,8-9H2,(H,26,27). The van der Waals surface area contributed by atoms with Crippen LogP contribution < -0.4 is 5.56 Å². The second kappa shape index (κ2) is 7.02. The number of aromatic nitrogens is 1. The highest BCUT2D eigenvalue weighted by Crippen LogP contribution is 2.38. The van der Waals surface area contributed by atoms with E-state index < -0.39 is 5.97 Å². The van der Waals surface area contributed by atoms with Crippen LogP contribution in [0.5, 0.6) is 0 Å². The molecule has 0 radical (unpaired) electrons. The number of aromatic carboxylic acids is 1. The van der Waals surface area contributed by atoms with Gasteiger partial charge in [0, 0.05) is 17.0 Å². The molecule has 1 aromatic heterocycles. The van der Waals surface area contributed by atoms with Crippen LogP contribution >= 0.6 is 23.2 Å². The summed E-state index contributed by atoms with van der Waals surface area (Å²) < 4.78 is 1.46. The minimum Gasteiger partial charge on any atom is -0.477 e. The van der Waals surface area contributed by atoms with E-state index >= 15 is 0 Å². The molecular weight excluding hydrogens is 385 g/mol. The first kappa shape index (κ1) is 18.1. The number of hydrogen-bond donors (Lipinski definition) is 1. The maximum Gasteiger partial charge on any atom is 0.353 e. The molecular formula is C21H17Cl2NO3. The lowest BCUT2D eigenvalue weighted by Gasteiger charge is -2.22. The van der Waals surface area contributed by atoms with Crippen molar-refractivity contribution in [2.75, 3.05) is 0 Å². The summed E-state index contributed by atoms with van der Waals surface area (Å²) in [6.07, 6.45) is 3.55. The van der Waals surface area contributed by atoms with Crippen molar-refractivity contribution in [1.82, 2.24) is 4.57 Å². The van der Waals surface area contributed by atoms with E-state index in [4.69, 9.17) is 23.2 Å². The third kappa shape index (κ3) is 3.03. The lowest BCUT2D eigenvalue weighted by atomic mass is 9.96. The van der Waals surface area contributed by atoms with Crippen molar-refractivity contribution in [3.8, 4) is 11.1 Å². The number of hydrogen-bond acceptors (Lipinski definition) is 2.